The molecule has 0 aromatic carbocycles. The molecule has 0 aliphatic carbocycles. The van der Waals surface area contributed by atoms with Crippen LogP contribution in [0, 0.1) is 0 Å². The Kier molecular flexibility index (Phi) is 23.3. The van der Waals surface area contributed by atoms with Crippen molar-refractivity contribution in [2.45, 2.75) is 115 Å². The first-order chi connectivity index (χ1) is 11.5. The minimum Gasteiger partial charge on any atom is -0.748 e. The molecule has 0 amide bonds. The first-order valence-electron chi connectivity index (χ1n) is 10.1. The standard InChI is InChI=1S/C19H40O4S.K/c1-2-3-4-5-6-7-10-13-16-19(24(21,22)23)17-14-11-8-9-12-15-18-20;/h19-20H,2-18H2,1H3,(H,21,22,23);/q;+1/p-1. The van der Waals surface area contributed by atoms with Gasteiger partial charge in [-0.3, -0.25) is 0 Å². The Bertz CT molecular complexity index is 360. The second-order valence-corrected chi connectivity index (χ2v) is 8.66. The molecule has 4 nitrogen and oxygen atoms in total. The van der Waals surface area contributed by atoms with Crippen molar-refractivity contribution in [3.8, 4) is 0 Å². The fourth-order valence-corrected chi connectivity index (χ4v) is 4.04. The molecule has 0 aromatic rings. The molecule has 0 aliphatic heterocycles. The van der Waals surface area contributed by atoms with E-state index >= 15 is 0 Å². The Morgan fingerprint density at radius 1 is 0.720 bits per heavy atom. The van der Waals surface area contributed by atoms with Gasteiger partial charge in [-0.2, -0.15) is 0 Å². The van der Waals surface area contributed by atoms with Crippen molar-refractivity contribution in [1.29, 1.82) is 0 Å². The van der Waals surface area contributed by atoms with Gasteiger partial charge in [-0.15, -0.1) is 0 Å². The predicted octanol–water partition coefficient (Wildman–Crippen LogP) is 2.16. The molecule has 0 heterocycles. The Morgan fingerprint density at radius 3 is 1.44 bits per heavy atom. The Labute approximate surface area is 199 Å². The molecule has 0 rings (SSSR count). The van der Waals surface area contributed by atoms with Crippen LogP contribution in [0.4, 0.5) is 0 Å². The summed E-state index contributed by atoms with van der Waals surface area (Å²) in [6, 6.07) is 0. The van der Waals surface area contributed by atoms with Gasteiger partial charge in [0.1, 0.15) is 0 Å². The molecule has 0 saturated carbocycles. The minimum absolute atomic E-state index is 0. The zero-order chi connectivity index (χ0) is 18.1. The van der Waals surface area contributed by atoms with Crippen molar-refractivity contribution < 1.29 is 69.5 Å². The summed E-state index contributed by atoms with van der Waals surface area (Å²) in [4.78, 5) is 0. The first kappa shape index (κ1) is 28.7. The van der Waals surface area contributed by atoms with Gasteiger partial charge in [-0.05, 0) is 19.3 Å². The summed E-state index contributed by atoms with van der Waals surface area (Å²) < 4.78 is 34.2. The molecule has 0 radical (unpaired) electrons. The van der Waals surface area contributed by atoms with Crippen LogP contribution < -0.4 is 51.4 Å². The van der Waals surface area contributed by atoms with Crippen molar-refractivity contribution in [2.24, 2.45) is 0 Å². The summed E-state index contributed by atoms with van der Waals surface area (Å²) in [6.45, 7) is 2.45. The second-order valence-electron chi connectivity index (χ2n) is 7.01. The van der Waals surface area contributed by atoms with E-state index in [2.05, 4.69) is 6.92 Å². The topological polar surface area (TPSA) is 77.4 Å². The van der Waals surface area contributed by atoms with Crippen LogP contribution in [-0.4, -0.2) is 29.9 Å². The van der Waals surface area contributed by atoms with Crippen LogP contribution in [0.1, 0.15) is 110 Å². The van der Waals surface area contributed by atoms with Gasteiger partial charge >= 0.3 is 51.4 Å². The van der Waals surface area contributed by atoms with Gasteiger partial charge < -0.3 is 9.66 Å². The van der Waals surface area contributed by atoms with E-state index in [1.54, 1.807) is 0 Å². The van der Waals surface area contributed by atoms with E-state index in [-0.39, 0.29) is 58.0 Å². The first-order valence-corrected chi connectivity index (χ1v) is 11.5. The summed E-state index contributed by atoms with van der Waals surface area (Å²) in [5.41, 5.74) is 0. The average Bonchev–Trinajstić information content (AvgIpc) is 2.53. The molecule has 0 fully saturated rings. The summed E-state index contributed by atoms with van der Waals surface area (Å²) in [6.07, 6.45) is 16.3. The number of rotatable bonds is 18. The van der Waals surface area contributed by atoms with Crippen molar-refractivity contribution >= 4 is 10.1 Å². The molecule has 0 spiro atoms. The second kappa shape index (κ2) is 20.2. The fraction of sp³-hybridized carbons (Fsp3) is 1.00. The van der Waals surface area contributed by atoms with E-state index in [1.807, 2.05) is 0 Å². The molecule has 0 saturated heterocycles. The minimum atomic E-state index is -4.15. The number of hydrogen-bond donors (Lipinski definition) is 1. The molecular weight excluding hydrogens is 363 g/mol. The van der Waals surface area contributed by atoms with E-state index in [9.17, 15) is 13.0 Å². The third kappa shape index (κ3) is 20.1. The maximum atomic E-state index is 11.4. The fourth-order valence-electron chi connectivity index (χ4n) is 3.13. The van der Waals surface area contributed by atoms with Gasteiger partial charge in [0.05, 0.1) is 10.1 Å². The van der Waals surface area contributed by atoms with Crippen LogP contribution >= 0.6 is 0 Å². The molecule has 1 atom stereocenters. The van der Waals surface area contributed by atoms with Crippen LogP contribution in [0.2, 0.25) is 0 Å². The SMILES string of the molecule is CCCCCCCCCCC(CCCCCCCCO)S(=O)(=O)[O-].[K+]. The van der Waals surface area contributed by atoms with Gasteiger partial charge in [0.25, 0.3) is 0 Å². The van der Waals surface area contributed by atoms with Crippen LogP contribution in [0.5, 0.6) is 0 Å². The molecule has 0 bridgehead atoms. The van der Waals surface area contributed by atoms with Crippen LogP contribution in [0.25, 0.3) is 0 Å². The van der Waals surface area contributed by atoms with Crippen LogP contribution in [0.3, 0.4) is 0 Å². The van der Waals surface area contributed by atoms with Crippen molar-refractivity contribution in [1.82, 2.24) is 0 Å². The Balaban J connectivity index is 0. The molecule has 0 aromatic heterocycles. The quantitative estimate of drug-likeness (QED) is 0.216. The molecule has 1 N–H and O–H groups in total. The van der Waals surface area contributed by atoms with E-state index in [0.29, 0.717) is 12.8 Å². The average molecular weight is 403 g/mol. The van der Waals surface area contributed by atoms with Crippen LogP contribution in [0.15, 0.2) is 0 Å². The van der Waals surface area contributed by atoms with Crippen molar-refractivity contribution in [3.63, 3.8) is 0 Å². The monoisotopic (exact) mass is 402 g/mol. The van der Waals surface area contributed by atoms with E-state index < -0.39 is 15.4 Å². The molecule has 6 heteroatoms. The Hall–Kier alpha value is 1.51. The summed E-state index contributed by atoms with van der Waals surface area (Å²) in [5.74, 6) is 0. The number of hydrogen-bond acceptors (Lipinski definition) is 4. The van der Waals surface area contributed by atoms with E-state index in [4.69, 9.17) is 5.11 Å². The molecular formula is C19H39KO4S. The maximum absolute atomic E-state index is 11.4. The molecule has 1 unspecified atom stereocenters. The normalized spacial score (nSPS) is 12.8. The largest absolute Gasteiger partial charge is 1.00 e. The number of aliphatic hydroxyl groups is 1. The smallest absolute Gasteiger partial charge is 0.748 e. The van der Waals surface area contributed by atoms with Gasteiger partial charge in [0.15, 0.2) is 0 Å². The number of aliphatic hydroxyl groups excluding tert-OH is 1. The van der Waals surface area contributed by atoms with Gasteiger partial charge in [-0.1, -0.05) is 90.4 Å². The summed E-state index contributed by atoms with van der Waals surface area (Å²) in [7, 11) is -4.15. The van der Waals surface area contributed by atoms with Crippen molar-refractivity contribution in [2.75, 3.05) is 6.61 Å². The summed E-state index contributed by atoms with van der Waals surface area (Å²) in [5, 5.41) is 8.02. The third-order valence-electron chi connectivity index (χ3n) is 4.72. The van der Waals surface area contributed by atoms with E-state index in [1.165, 1.54) is 32.1 Å². The molecule has 146 valence electrons. The molecule has 25 heavy (non-hydrogen) atoms. The predicted molar refractivity (Wildman–Crippen MR) is 100 cm³/mol. The van der Waals surface area contributed by atoms with Gasteiger partial charge in [0, 0.05) is 11.9 Å². The van der Waals surface area contributed by atoms with Crippen molar-refractivity contribution in [3.05, 3.63) is 0 Å². The van der Waals surface area contributed by atoms with Gasteiger partial charge in [0.2, 0.25) is 0 Å². The van der Waals surface area contributed by atoms with Gasteiger partial charge in [-0.25, -0.2) is 8.42 Å². The zero-order valence-corrected chi connectivity index (χ0v) is 20.6. The van der Waals surface area contributed by atoms with E-state index in [0.717, 1.165) is 57.8 Å². The third-order valence-corrected chi connectivity index (χ3v) is 6.01. The summed E-state index contributed by atoms with van der Waals surface area (Å²) >= 11 is 0. The Morgan fingerprint density at radius 2 is 1.08 bits per heavy atom. The maximum Gasteiger partial charge on any atom is 1.00 e. The number of unbranched alkanes of at least 4 members (excludes halogenated alkanes) is 12. The zero-order valence-electron chi connectivity index (χ0n) is 16.7. The molecule has 0 aliphatic rings. The van der Waals surface area contributed by atoms with Crippen LogP contribution in [-0.2, 0) is 10.1 Å².